The minimum Gasteiger partial charge on any atom is -0.338 e. The van der Waals surface area contributed by atoms with Gasteiger partial charge in [-0.25, -0.2) is 0 Å². The predicted octanol–water partition coefficient (Wildman–Crippen LogP) is 4.63. The number of alkyl halides is 6. The highest BCUT2D eigenvalue weighted by Crippen LogP contribution is 2.39. The van der Waals surface area contributed by atoms with E-state index in [0.717, 1.165) is 5.56 Å². The van der Waals surface area contributed by atoms with Crippen LogP contribution in [0.15, 0.2) is 48.5 Å². The molecule has 4 rings (SSSR count). The third kappa shape index (κ3) is 4.86. The van der Waals surface area contributed by atoms with Crippen molar-refractivity contribution in [1.29, 1.82) is 0 Å². The van der Waals surface area contributed by atoms with E-state index in [9.17, 15) is 35.9 Å². The molecule has 2 fully saturated rings. The molecule has 0 N–H and O–H groups in total. The van der Waals surface area contributed by atoms with Gasteiger partial charge in [0.05, 0.1) is 17.8 Å². The van der Waals surface area contributed by atoms with Crippen molar-refractivity contribution in [2.75, 3.05) is 26.8 Å². The molecule has 35 heavy (non-hydrogen) atoms. The lowest BCUT2D eigenvalue weighted by atomic mass is 9.85. The van der Waals surface area contributed by atoms with Gasteiger partial charge in [-0.2, -0.15) is 26.3 Å². The summed E-state index contributed by atoms with van der Waals surface area (Å²) in [6, 6.07) is 10.4. The number of benzene rings is 2. The summed E-state index contributed by atoms with van der Waals surface area (Å²) in [7, 11) is 1.67. The van der Waals surface area contributed by atoms with Crippen LogP contribution in [0.25, 0.3) is 0 Å². The molecule has 0 bridgehead atoms. The molecule has 0 aliphatic carbocycles. The molecule has 0 radical (unpaired) electrons. The molecule has 2 saturated heterocycles. The number of hydrogen-bond acceptors (Lipinski definition) is 3. The molecule has 2 aromatic carbocycles. The van der Waals surface area contributed by atoms with Crippen LogP contribution in [0.2, 0.25) is 0 Å². The van der Waals surface area contributed by atoms with Crippen molar-refractivity contribution in [2.24, 2.45) is 0 Å². The van der Waals surface area contributed by atoms with Crippen molar-refractivity contribution in [2.45, 2.75) is 37.3 Å². The first-order chi connectivity index (χ1) is 16.3. The summed E-state index contributed by atoms with van der Waals surface area (Å²) in [4.78, 5) is 30.8. The number of halogens is 6. The van der Waals surface area contributed by atoms with Crippen LogP contribution in [-0.2, 0) is 23.7 Å². The third-order valence-electron chi connectivity index (χ3n) is 6.66. The van der Waals surface area contributed by atoms with Gasteiger partial charge in [0.1, 0.15) is 5.54 Å². The Hall–Kier alpha value is -3.08. The number of amides is 2. The zero-order valence-corrected chi connectivity index (χ0v) is 18.8. The maximum atomic E-state index is 13.2. The lowest BCUT2D eigenvalue weighted by molar-refractivity contribution is -0.143. The highest BCUT2D eigenvalue weighted by atomic mass is 19.4. The van der Waals surface area contributed by atoms with E-state index in [1.165, 1.54) is 4.90 Å². The standard InChI is InChI=1S/C24H23F6N3O2/c1-31-15-33(14-16-5-3-2-4-6-16)22(21(31)35)7-9-32(10-8-22)20(34)17-11-18(23(25,26)27)13-19(12-17)24(28,29)30/h2-6,11-13H,7-10,14-15H2,1H3. The van der Waals surface area contributed by atoms with Crippen LogP contribution in [0, 0.1) is 0 Å². The van der Waals surface area contributed by atoms with Gasteiger partial charge in [-0.15, -0.1) is 0 Å². The van der Waals surface area contributed by atoms with E-state index in [1.54, 1.807) is 11.9 Å². The van der Waals surface area contributed by atoms with Gasteiger partial charge in [0.15, 0.2) is 0 Å². The first-order valence-electron chi connectivity index (χ1n) is 10.9. The maximum absolute atomic E-state index is 13.2. The number of carbonyl (C=O) groups is 2. The van der Waals surface area contributed by atoms with Crippen LogP contribution in [0.3, 0.4) is 0 Å². The van der Waals surface area contributed by atoms with Gasteiger partial charge in [0.25, 0.3) is 5.91 Å². The highest BCUT2D eigenvalue weighted by Gasteiger charge is 2.53. The highest BCUT2D eigenvalue weighted by molar-refractivity contribution is 5.95. The van der Waals surface area contributed by atoms with E-state index in [-0.39, 0.29) is 37.9 Å². The largest absolute Gasteiger partial charge is 0.416 e. The number of likely N-dealkylation sites (tertiary alicyclic amines) is 1. The van der Waals surface area contributed by atoms with Crippen LogP contribution in [0.5, 0.6) is 0 Å². The van der Waals surface area contributed by atoms with Gasteiger partial charge in [-0.1, -0.05) is 30.3 Å². The Labute approximate surface area is 197 Å². The molecule has 5 nitrogen and oxygen atoms in total. The van der Waals surface area contributed by atoms with Crippen molar-refractivity contribution in [1.82, 2.24) is 14.7 Å². The molecule has 2 aliphatic heterocycles. The van der Waals surface area contributed by atoms with E-state index in [2.05, 4.69) is 0 Å². The minimum absolute atomic E-state index is 0.00351. The molecular weight excluding hydrogens is 476 g/mol. The Morgan fingerprint density at radius 1 is 0.914 bits per heavy atom. The van der Waals surface area contributed by atoms with Crippen LogP contribution in [0.4, 0.5) is 26.3 Å². The fraction of sp³-hybridized carbons (Fsp3) is 0.417. The smallest absolute Gasteiger partial charge is 0.338 e. The zero-order chi connectivity index (χ0) is 25.6. The van der Waals surface area contributed by atoms with E-state index in [1.807, 2.05) is 35.2 Å². The fourth-order valence-corrected chi connectivity index (χ4v) is 4.82. The first-order valence-corrected chi connectivity index (χ1v) is 10.9. The van der Waals surface area contributed by atoms with Crippen LogP contribution >= 0.6 is 0 Å². The number of nitrogens with zero attached hydrogens (tertiary/aromatic N) is 3. The molecule has 2 amide bonds. The zero-order valence-electron chi connectivity index (χ0n) is 18.8. The lowest BCUT2D eigenvalue weighted by Gasteiger charge is -2.42. The summed E-state index contributed by atoms with van der Waals surface area (Å²) in [5.74, 6) is -1.04. The van der Waals surface area contributed by atoms with E-state index in [0.29, 0.717) is 25.3 Å². The molecule has 0 unspecified atom stereocenters. The van der Waals surface area contributed by atoms with Gasteiger partial charge < -0.3 is 9.80 Å². The summed E-state index contributed by atoms with van der Waals surface area (Å²) < 4.78 is 79.2. The maximum Gasteiger partial charge on any atom is 0.416 e. The van der Waals surface area contributed by atoms with Gasteiger partial charge in [-0.05, 0) is 36.6 Å². The number of hydrogen-bond donors (Lipinski definition) is 0. The summed E-state index contributed by atoms with van der Waals surface area (Å²) in [5.41, 5.74) is -3.64. The molecule has 2 aliphatic rings. The topological polar surface area (TPSA) is 43.9 Å². The van der Waals surface area contributed by atoms with Crippen molar-refractivity contribution in [3.63, 3.8) is 0 Å². The molecule has 0 aromatic heterocycles. The van der Waals surface area contributed by atoms with Crippen molar-refractivity contribution < 1.29 is 35.9 Å². The Morgan fingerprint density at radius 2 is 1.46 bits per heavy atom. The summed E-state index contributed by atoms with van der Waals surface area (Å²) >= 11 is 0. The number of rotatable bonds is 3. The lowest BCUT2D eigenvalue weighted by Crippen LogP contribution is -2.56. The van der Waals surface area contributed by atoms with E-state index < -0.39 is 40.5 Å². The van der Waals surface area contributed by atoms with Crippen molar-refractivity contribution >= 4 is 11.8 Å². The number of carbonyl (C=O) groups excluding carboxylic acids is 2. The van der Waals surface area contributed by atoms with Gasteiger partial charge in [0.2, 0.25) is 5.91 Å². The Kier molecular flexibility index (Phi) is 6.33. The summed E-state index contributed by atoms with van der Waals surface area (Å²) in [6.45, 7) is 0.931. The molecule has 0 atom stereocenters. The second-order valence-electron chi connectivity index (χ2n) is 8.95. The van der Waals surface area contributed by atoms with E-state index >= 15 is 0 Å². The quantitative estimate of drug-likeness (QED) is 0.579. The van der Waals surface area contributed by atoms with Gasteiger partial charge >= 0.3 is 12.4 Å². The second kappa shape index (κ2) is 8.85. The fourth-order valence-electron chi connectivity index (χ4n) is 4.82. The van der Waals surface area contributed by atoms with Crippen LogP contribution in [-0.4, -0.2) is 58.9 Å². The molecule has 188 valence electrons. The van der Waals surface area contributed by atoms with Crippen molar-refractivity contribution in [3.8, 4) is 0 Å². The minimum atomic E-state index is -5.04. The summed E-state index contributed by atoms with van der Waals surface area (Å²) in [6.07, 6.45) is -9.64. The van der Waals surface area contributed by atoms with E-state index in [4.69, 9.17) is 0 Å². The monoisotopic (exact) mass is 499 g/mol. The number of likely N-dealkylation sites (N-methyl/N-ethyl adjacent to an activating group) is 1. The molecular formula is C24H23F6N3O2. The Bertz CT molecular complexity index is 1080. The second-order valence-corrected chi connectivity index (χ2v) is 8.95. The molecule has 1 spiro atoms. The third-order valence-corrected chi connectivity index (χ3v) is 6.66. The predicted molar refractivity (Wildman–Crippen MR) is 114 cm³/mol. The normalized spacial score (nSPS) is 19.0. The van der Waals surface area contributed by atoms with Crippen molar-refractivity contribution in [3.05, 3.63) is 70.8 Å². The van der Waals surface area contributed by atoms with Gasteiger partial charge in [0, 0.05) is 32.2 Å². The first kappa shape index (κ1) is 25.0. The Morgan fingerprint density at radius 3 is 1.97 bits per heavy atom. The molecule has 2 aromatic rings. The van der Waals surface area contributed by atoms with Gasteiger partial charge in [-0.3, -0.25) is 14.5 Å². The molecule has 2 heterocycles. The van der Waals surface area contributed by atoms with Crippen LogP contribution < -0.4 is 0 Å². The molecule has 11 heteroatoms. The SMILES string of the molecule is CN1CN(Cc2ccccc2)C2(CCN(C(=O)c3cc(C(F)(F)F)cc(C(F)(F)F)c3)CC2)C1=O. The average Bonchev–Trinajstić information content (AvgIpc) is 3.02. The average molecular weight is 499 g/mol. The molecule has 0 saturated carbocycles. The van der Waals surface area contributed by atoms with Crippen LogP contribution in [0.1, 0.15) is 39.9 Å². The Balaban J connectivity index is 1.56. The summed E-state index contributed by atoms with van der Waals surface area (Å²) in [5, 5.41) is 0. The number of piperidine rings is 1.